The topological polar surface area (TPSA) is 54.4 Å². The van der Waals surface area contributed by atoms with E-state index in [4.69, 9.17) is 0 Å². The van der Waals surface area contributed by atoms with E-state index in [1.165, 1.54) is 0 Å². The van der Waals surface area contributed by atoms with Crippen LogP contribution in [0.2, 0.25) is 0 Å². The third-order valence-electron chi connectivity index (χ3n) is 4.96. The van der Waals surface area contributed by atoms with Gasteiger partial charge in [-0.05, 0) is 37.0 Å². The highest BCUT2D eigenvalue weighted by Crippen LogP contribution is 2.53. The van der Waals surface area contributed by atoms with Crippen LogP contribution in [-0.4, -0.2) is 16.9 Å². The average Bonchev–Trinajstić information content (AvgIpc) is 2.56. The Labute approximate surface area is 108 Å². The maximum atomic E-state index is 12.3. The number of hydrogen-bond acceptors (Lipinski definition) is 2. The van der Waals surface area contributed by atoms with Crippen molar-refractivity contribution in [1.29, 1.82) is 0 Å². The number of fused-ring (bicyclic) bond motifs is 1. The second-order valence-electron chi connectivity index (χ2n) is 6.31. The van der Waals surface area contributed by atoms with Crippen LogP contribution in [0.3, 0.4) is 0 Å². The summed E-state index contributed by atoms with van der Waals surface area (Å²) < 4.78 is 0. The molecule has 0 aromatic rings. The number of carboxylic acids is 1. The van der Waals surface area contributed by atoms with Gasteiger partial charge in [-0.15, -0.1) is 0 Å². The molecule has 0 heterocycles. The summed E-state index contributed by atoms with van der Waals surface area (Å²) in [5, 5.41) is 9.20. The first-order valence-corrected chi connectivity index (χ1v) is 6.83. The van der Waals surface area contributed by atoms with E-state index in [1.807, 2.05) is 13.0 Å². The smallest absolute Gasteiger partial charge is 0.331 e. The number of hydrogen-bond donors (Lipinski definition) is 1. The lowest BCUT2D eigenvalue weighted by atomic mass is 9.72. The van der Waals surface area contributed by atoms with Gasteiger partial charge in [-0.3, -0.25) is 4.79 Å². The lowest BCUT2D eigenvalue weighted by molar-refractivity contribution is -0.132. The van der Waals surface area contributed by atoms with Crippen molar-refractivity contribution in [2.24, 2.45) is 23.2 Å². The van der Waals surface area contributed by atoms with Gasteiger partial charge >= 0.3 is 5.97 Å². The Hall–Kier alpha value is -1.12. The van der Waals surface area contributed by atoms with Crippen molar-refractivity contribution < 1.29 is 14.7 Å². The Morgan fingerprint density at radius 3 is 2.67 bits per heavy atom. The molecule has 2 aliphatic rings. The second kappa shape index (κ2) is 4.52. The molecule has 1 fully saturated rings. The van der Waals surface area contributed by atoms with Crippen LogP contribution >= 0.6 is 0 Å². The van der Waals surface area contributed by atoms with Gasteiger partial charge in [-0.25, -0.2) is 4.79 Å². The van der Waals surface area contributed by atoms with E-state index in [9.17, 15) is 14.7 Å². The lowest BCUT2D eigenvalue weighted by Gasteiger charge is -2.31. The van der Waals surface area contributed by atoms with E-state index >= 15 is 0 Å². The number of allylic oxidation sites excluding steroid dienone is 1. The molecule has 0 amide bonds. The minimum absolute atomic E-state index is 0.110. The number of carbonyl (C=O) groups is 2. The van der Waals surface area contributed by atoms with Crippen LogP contribution in [0.25, 0.3) is 0 Å². The van der Waals surface area contributed by atoms with Crippen molar-refractivity contribution in [3.63, 3.8) is 0 Å². The lowest BCUT2D eigenvalue weighted by Crippen LogP contribution is -2.32. The molecule has 0 aromatic carbocycles. The Balaban J connectivity index is 2.42. The standard InChI is InChI=1S/C15H22O3/c1-9(2)11-6-7-15(3)12(11)8-10(14(17)18)4-5-13(15)16/h8-9,11-12H,4-7H2,1-3H3,(H,17,18). The summed E-state index contributed by atoms with van der Waals surface area (Å²) in [5.74, 6) is 0.434. The molecule has 0 aliphatic heterocycles. The number of carbonyl (C=O) groups excluding carboxylic acids is 1. The number of ketones is 1. The number of Topliss-reactive ketones (excluding diaryl/α,β-unsaturated/α-hetero) is 1. The maximum absolute atomic E-state index is 12.3. The SMILES string of the molecule is CC(C)C1CCC2(C)C(=O)CCC(C(=O)O)=CC12. The minimum atomic E-state index is -0.860. The molecule has 0 bridgehead atoms. The van der Waals surface area contributed by atoms with Crippen LogP contribution in [-0.2, 0) is 9.59 Å². The zero-order chi connectivity index (χ0) is 13.5. The van der Waals surface area contributed by atoms with E-state index in [1.54, 1.807) is 0 Å². The molecule has 2 rings (SSSR count). The van der Waals surface area contributed by atoms with E-state index in [2.05, 4.69) is 13.8 Å². The summed E-state index contributed by atoms with van der Waals surface area (Å²) in [5.41, 5.74) is 0.108. The molecule has 0 saturated heterocycles. The van der Waals surface area contributed by atoms with Crippen molar-refractivity contribution in [3.8, 4) is 0 Å². The van der Waals surface area contributed by atoms with Gasteiger partial charge in [-0.2, -0.15) is 0 Å². The quantitative estimate of drug-likeness (QED) is 0.819. The molecule has 1 N–H and O–H groups in total. The third-order valence-corrected chi connectivity index (χ3v) is 4.96. The Morgan fingerprint density at radius 2 is 2.11 bits per heavy atom. The number of rotatable bonds is 2. The minimum Gasteiger partial charge on any atom is -0.478 e. The monoisotopic (exact) mass is 250 g/mol. The van der Waals surface area contributed by atoms with E-state index < -0.39 is 5.97 Å². The summed E-state index contributed by atoms with van der Waals surface area (Å²) >= 11 is 0. The van der Waals surface area contributed by atoms with Gasteiger partial charge in [0.15, 0.2) is 0 Å². The highest BCUT2D eigenvalue weighted by atomic mass is 16.4. The predicted octanol–water partition coefficient (Wildman–Crippen LogP) is 3.05. The van der Waals surface area contributed by atoms with Crippen molar-refractivity contribution in [2.45, 2.75) is 46.5 Å². The summed E-state index contributed by atoms with van der Waals surface area (Å²) in [6.07, 6.45) is 4.61. The molecule has 18 heavy (non-hydrogen) atoms. The zero-order valence-electron chi connectivity index (χ0n) is 11.4. The third kappa shape index (κ3) is 2.00. The van der Waals surface area contributed by atoms with Gasteiger partial charge < -0.3 is 5.11 Å². The molecule has 3 nitrogen and oxygen atoms in total. The van der Waals surface area contributed by atoms with Crippen LogP contribution in [0.4, 0.5) is 0 Å². The maximum Gasteiger partial charge on any atom is 0.331 e. The molecular weight excluding hydrogens is 228 g/mol. The summed E-state index contributed by atoms with van der Waals surface area (Å²) in [6.45, 7) is 6.36. The van der Waals surface area contributed by atoms with E-state index in [0.29, 0.717) is 30.3 Å². The predicted molar refractivity (Wildman–Crippen MR) is 69.1 cm³/mol. The molecule has 3 unspecified atom stereocenters. The van der Waals surface area contributed by atoms with Crippen molar-refractivity contribution in [3.05, 3.63) is 11.6 Å². The fourth-order valence-corrected chi connectivity index (χ4v) is 3.68. The van der Waals surface area contributed by atoms with Crippen molar-refractivity contribution in [2.75, 3.05) is 0 Å². The molecular formula is C15H22O3. The zero-order valence-corrected chi connectivity index (χ0v) is 11.4. The van der Waals surface area contributed by atoms with Gasteiger partial charge in [0, 0.05) is 17.4 Å². The first-order valence-electron chi connectivity index (χ1n) is 6.83. The molecule has 2 aliphatic carbocycles. The largest absolute Gasteiger partial charge is 0.478 e. The van der Waals surface area contributed by atoms with Gasteiger partial charge in [0.1, 0.15) is 5.78 Å². The molecule has 0 aromatic heterocycles. The first kappa shape index (κ1) is 13.3. The summed E-state index contributed by atoms with van der Waals surface area (Å²) in [4.78, 5) is 23.5. The van der Waals surface area contributed by atoms with Crippen LogP contribution in [0.1, 0.15) is 46.5 Å². The highest BCUT2D eigenvalue weighted by molar-refractivity contribution is 5.92. The van der Waals surface area contributed by atoms with Crippen LogP contribution in [0.5, 0.6) is 0 Å². The highest BCUT2D eigenvalue weighted by Gasteiger charge is 2.50. The van der Waals surface area contributed by atoms with Gasteiger partial charge in [0.2, 0.25) is 0 Å². The normalized spacial score (nSPS) is 36.2. The van der Waals surface area contributed by atoms with Crippen molar-refractivity contribution in [1.82, 2.24) is 0 Å². The molecule has 1 saturated carbocycles. The average molecular weight is 250 g/mol. The fraction of sp³-hybridized carbons (Fsp3) is 0.733. The van der Waals surface area contributed by atoms with Gasteiger partial charge in [0.05, 0.1) is 0 Å². The van der Waals surface area contributed by atoms with Crippen LogP contribution in [0.15, 0.2) is 11.6 Å². The summed E-state index contributed by atoms with van der Waals surface area (Å²) in [6, 6.07) is 0. The van der Waals surface area contributed by atoms with Crippen LogP contribution < -0.4 is 0 Å². The Morgan fingerprint density at radius 1 is 1.44 bits per heavy atom. The first-order chi connectivity index (χ1) is 8.36. The van der Waals surface area contributed by atoms with Gasteiger partial charge in [-0.1, -0.05) is 26.8 Å². The summed E-state index contributed by atoms with van der Waals surface area (Å²) in [7, 11) is 0. The second-order valence-corrected chi connectivity index (χ2v) is 6.31. The molecule has 100 valence electrons. The molecule has 0 spiro atoms. The van der Waals surface area contributed by atoms with Crippen LogP contribution in [0, 0.1) is 23.2 Å². The Bertz CT molecular complexity index is 408. The molecule has 3 atom stereocenters. The number of aliphatic carboxylic acids is 1. The fourth-order valence-electron chi connectivity index (χ4n) is 3.68. The Kier molecular flexibility index (Phi) is 3.35. The van der Waals surface area contributed by atoms with E-state index in [0.717, 1.165) is 12.8 Å². The molecule has 3 heteroatoms. The number of carboxylic acid groups (broad SMARTS) is 1. The van der Waals surface area contributed by atoms with E-state index in [-0.39, 0.29) is 17.1 Å². The van der Waals surface area contributed by atoms with Crippen molar-refractivity contribution >= 4 is 11.8 Å². The van der Waals surface area contributed by atoms with Gasteiger partial charge in [0.25, 0.3) is 0 Å². The molecule has 0 radical (unpaired) electrons.